The molecule has 6 heteroatoms. The second-order valence-electron chi connectivity index (χ2n) is 4.57. The summed E-state index contributed by atoms with van der Waals surface area (Å²) >= 11 is 8.31. The normalized spacial score (nSPS) is 24.2. The Hall–Kier alpha value is 0.0200. The van der Waals surface area contributed by atoms with E-state index in [0.717, 1.165) is 35.1 Å². The molecule has 2 rings (SSSR count). The lowest BCUT2D eigenvalue weighted by Gasteiger charge is -2.32. The van der Waals surface area contributed by atoms with Gasteiger partial charge in [0.1, 0.15) is 10.8 Å². The molecular weight excluding hydrogens is 367 g/mol. The monoisotopic (exact) mass is 382 g/mol. The summed E-state index contributed by atoms with van der Waals surface area (Å²) in [6.07, 6.45) is 3.15. The van der Waals surface area contributed by atoms with E-state index in [9.17, 15) is 0 Å². The van der Waals surface area contributed by atoms with E-state index in [1.165, 1.54) is 0 Å². The molecule has 1 saturated heterocycles. The standard InChI is InChI=1S/C12H16ClIN2O2/c1-12(5-3-4-6-18-12)11-15-8(7-17-2)9(14)10(13)16-11/h3-7H2,1-2H3. The van der Waals surface area contributed by atoms with E-state index in [0.29, 0.717) is 17.6 Å². The molecule has 1 aliphatic rings. The third-order valence-corrected chi connectivity index (χ3v) is 4.83. The third-order valence-electron chi connectivity index (χ3n) is 3.10. The lowest BCUT2D eigenvalue weighted by atomic mass is 9.95. The number of aromatic nitrogens is 2. The van der Waals surface area contributed by atoms with Crippen LogP contribution in [0.4, 0.5) is 0 Å². The molecule has 4 nitrogen and oxygen atoms in total. The summed E-state index contributed by atoms with van der Waals surface area (Å²) in [7, 11) is 1.64. The minimum Gasteiger partial charge on any atom is -0.378 e. The summed E-state index contributed by atoms with van der Waals surface area (Å²) in [5.41, 5.74) is 0.401. The number of ether oxygens (including phenoxy) is 2. The van der Waals surface area contributed by atoms with Gasteiger partial charge in [-0.25, -0.2) is 9.97 Å². The molecule has 1 aromatic heterocycles. The largest absolute Gasteiger partial charge is 0.378 e. The lowest BCUT2D eigenvalue weighted by molar-refractivity contribution is -0.0763. The van der Waals surface area contributed by atoms with E-state index >= 15 is 0 Å². The van der Waals surface area contributed by atoms with Crippen LogP contribution < -0.4 is 0 Å². The van der Waals surface area contributed by atoms with Gasteiger partial charge in [0, 0.05) is 13.7 Å². The summed E-state index contributed by atoms with van der Waals surface area (Å²) in [4.78, 5) is 8.94. The number of halogens is 2. The first-order chi connectivity index (χ1) is 8.57. The van der Waals surface area contributed by atoms with Crippen LogP contribution in [0.1, 0.15) is 37.7 Å². The summed E-state index contributed by atoms with van der Waals surface area (Å²) in [5.74, 6) is 0.666. The van der Waals surface area contributed by atoms with E-state index < -0.39 is 5.60 Å². The molecule has 1 fully saturated rings. The second kappa shape index (κ2) is 5.98. The van der Waals surface area contributed by atoms with Crippen LogP contribution >= 0.6 is 34.2 Å². The number of hydrogen-bond acceptors (Lipinski definition) is 4. The van der Waals surface area contributed by atoms with Crippen molar-refractivity contribution in [3.05, 3.63) is 20.2 Å². The summed E-state index contributed by atoms with van der Waals surface area (Å²) in [5, 5.41) is 0.475. The molecule has 0 saturated carbocycles. The molecule has 1 aromatic rings. The van der Waals surface area contributed by atoms with E-state index in [1.54, 1.807) is 7.11 Å². The summed E-state index contributed by atoms with van der Waals surface area (Å²) < 4.78 is 11.8. The summed E-state index contributed by atoms with van der Waals surface area (Å²) in [6, 6.07) is 0. The molecule has 0 radical (unpaired) electrons. The third kappa shape index (κ3) is 2.95. The van der Waals surface area contributed by atoms with Gasteiger partial charge in [-0.2, -0.15) is 0 Å². The maximum absolute atomic E-state index is 6.17. The zero-order valence-electron chi connectivity index (χ0n) is 10.5. The number of hydrogen-bond donors (Lipinski definition) is 0. The van der Waals surface area contributed by atoms with E-state index in [-0.39, 0.29) is 0 Å². The van der Waals surface area contributed by atoms with Crippen molar-refractivity contribution in [3.63, 3.8) is 0 Å². The van der Waals surface area contributed by atoms with Crippen LogP contribution in [0.15, 0.2) is 0 Å². The summed E-state index contributed by atoms with van der Waals surface area (Å²) in [6.45, 7) is 3.22. The predicted molar refractivity (Wildman–Crippen MR) is 77.6 cm³/mol. The first-order valence-corrected chi connectivity index (χ1v) is 7.38. The minimum absolute atomic E-state index is 0.422. The zero-order chi connectivity index (χ0) is 13.2. The molecule has 1 unspecified atom stereocenters. The highest BCUT2D eigenvalue weighted by molar-refractivity contribution is 14.1. The Kier molecular flexibility index (Phi) is 4.80. The smallest absolute Gasteiger partial charge is 0.162 e. The van der Waals surface area contributed by atoms with Crippen LogP contribution in [0.3, 0.4) is 0 Å². The van der Waals surface area contributed by atoms with Crippen LogP contribution in [0.5, 0.6) is 0 Å². The van der Waals surface area contributed by atoms with Crippen molar-refractivity contribution in [2.24, 2.45) is 0 Å². The van der Waals surface area contributed by atoms with Crippen molar-refractivity contribution in [3.8, 4) is 0 Å². The molecule has 0 spiro atoms. The number of nitrogens with zero attached hydrogens (tertiary/aromatic N) is 2. The molecule has 0 N–H and O–H groups in total. The highest BCUT2D eigenvalue weighted by Crippen LogP contribution is 2.34. The van der Waals surface area contributed by atoms with Gasteiger partial charge >= 0.3 is 0 Å². The van der Waals surface area contributed by atoms with Gasteiger partial charge in [-0.05, 0) is 48.8 Å². The molecule has 18 heavy (non-hydrogen) atoms. The van der Waals surface area contributed by atoms with Crippen molar-refractivity contribution >= 4 is 34.2 Å². The fourth-order valence-corrected chi connectivity index (χ4v) is 2.63. The molecule has 1 aliphatic heterocycles. The van der Waals surface area contributed by atoms with Gasteiger partial charge in [-0.15, -0.1) is 0 Å². The first kappa shape index (κ1) is 14.4. The van der Waals surface area contributed by atoms with Gasteiger partial charge in [0.15, 0.2) is 5.82 Å². The van der Waals surface area contributed by atoms with Gasteiger partial charge in [0.05, 0.1) is 15.9 Å². The average molecular weight is 383 g/mol. The fraction of sp³-hybridized carbons (Fsp3) is 0.667. The Morgan fingerprint density at radius 2 is 2.22 bits per heavy atom. The maximum Gasteiger partial charge on any atom is 0.162 e. The topological polar surface area (TPSA) is 44.2 Å². The van der Waals surface area contributed by atoms with Gasteiger partial charge in [-0.3, -0.25) is 0 Å². The van der Waals surface area contributed by atoms with Crippen molar-refractivity contribution in [2.75, 3.05) is 13.7 Å². The molecule has 1 atom stereocenters. The highest BCUT2D eigenvalue weighted by atomic mass is 127. The SMILES string of the molecule is COCc1nc(C2(C)CCCCO2)nc(Cl)c1I. The van der Waals surface area contributed by atoms with Crippen LogP contribution in [0.2, 0.25) is 5.15 Å². The number of rotatable bonds is 3. The fourth-order valence-electron chi connectivity index (χ4n) is 2.04. The number of methoxy groups -OCH3 is 1. The average Bonchev–Trinajstić information content (AvgIpc) is 2.36. The minimum atomic E-state index is -0.422. The zero-order valence-corrected chi connectivity index (χ0v) is 13.4. The molecule has 0 bridgehead atoms. The van der Waals surface area contributed by atoms with Crippen LogP contribution in [-0.4, -0.2) is 23.7 Å². The van der Waals surface area contributed by atoms with Crippen LogP contribution in [0, 0.1) is 3.57 Å². The predicted octanol–water partition coefficient (Wildman–Crippen LogP) is 3.30. The quantitative estimate of drug-likeness (QED) is 0.594. The van der Waals surface area contributed by atoms with Gasteiger partial charge in [-0.1, -0.05) is 11.6 Å². The molecule has 2 heterocycles. The second-order valence-corrected chi connectivity index (χ2v) is 6.00. The van der Waals surface area contributed by atoms with E-state index in [2.05, 4.69) is 32.6 Å². The van der Waals surface area contributed by atoms with Crippen molar-refractivity contribution in [1.29, 1.82) is 0 Å². The Morgan fingerprint density at radius 3 is 2.83 bits per heavy atom. The Bertz CT molecular complexity index is 436. The van der Waals surface area contributed by atoms with Crippen molar-refractivity contribution in [2.45, 2.75) is 38.4 Å². The lowest BCUT2D eigenvalue weighted by Crippen LogP contribution is -2.33. The molecular formula is C12H16ClIN2O2. The van der Waals surface area contributed by atoms with Crippen LogP contribution in [-0.2, 0) is 21.7 Å². The van der Waals surface area contributed by atoms with E-state index in [4.69, 9.17) is 21.1 Å². The molecule has 100 valence electrons. The Labute approximate surface area is 126 Å². The first-order valence-electron chi connectivity index (χ1n) is 5.92. The Morgan fingerprint density at radius 1 is 1.44 bits per heavy atom. The van der Waals surface area contributed by atoms with Crippen molar-refractivity contribution < 1.29 is 9.47 Å². The molecule has 0 aliphatic carbocycles. The molecule has 0 amide bonds. The maximum atomic E-state index is 6.17. The van der Waals surface area contributed by atoms with Crippen molar-refractivity contribution in [1.82, 2.24) is 9.97 Å². The highest BCUT2D eigenvalue weighted by Gasteiger charge is 2.34. The molecule has 0 aromatic carbocycles. The van der Waals surface area contributed by atoms with Gasteiger partial charge in [0.2, 0.25) is 0 Å². The van der Waals surface area contributed by atoms with E-state index in [1.807, 2.05) is 6.92 Å². The Balaban J connectivity index is 2.38. The van der Waals surface area contributed by atoms with Gasteiger partial charge < -0.3 is 9.47 Å². The van der Waals surface area contributed by atoms with Crippen LogP contribution in [0.25, 0.3) is 0 Å². The van der Waals surface area contributed by atoms with Gasteiger partial charge in [0.25, 0.3) is 0 Å².